The van der Waals surface area contributed by atoms with Crippen LogP contribution in [0.1, 0.15) is 11.1 Å². The lowest BCUT2D eigenvalue weighted by Crippen LogP contribution is -2.05. The molecule has 1 N–H and O–H groups in total. The van der Waals surface area contributed by atoms with E-state index < -0.39 is 11.6 Å². The van der Waals surface area contributed by atoms with Gasteiger partial charge in [0.2, 0.25) is 0 Å². The molecule has 1 nitrogen and oxygen atoms in total. The van der Waals surface area contributed by atoms with E-state index in [1.165, 1.54) is 12.1 Å². The number of rotatable bonds is 3. The second-order valence-corrected chi connectivity index (χ2v) is 4.80. The van der Waals surface area contributed by atoms with Crippen LogP contribution in [0.5, 0.6) is 0 Å². The Morgan fingerprint density at radius 2 is 1.89 bits per heavy atom. The van der Waals surface area contributed by atoms with Crippen molar-refractivity contribution in [3.63, 3.8) is 0 Å². The summed E-state index contributed by atoms with van der Waals surface area (Å²) in [5.41, 5.74) is 1.66. The van der Waals surface area contributed by atoms with Crippen molar-refractivity contribution in [3.8, 4) is 11.1 Å². The van der Waals surface area contributed by atoms with E-state index >= 15 is 0 Å². The number of hydrogen-bond donors (Lipinski definition) is 1. The van der Waals surface area contributed by atoms with E-state index in [9.17, 15) is 8.78 Å². The fourth-order valence-electron chi connectivity index (χ4n) is 1.98. The zero-order chi connectivity index (χ0) is 14.0. The van der Waals surface area contributed by atoms with Gasteiger partial charge in [-0.1, -0.05) is 29.8 Å². The van der Waals surface area contributed by atoms with Crippen molar-refractivity contribution in [2.24, 2.45) is 0 Å². The fourth-order valence-corrected chi connectivity index (χ4v) is 2.28. The summed E-state index contributed by atoms with van der Waals surface area (Å²) in [7, 11) is 1.82. The Hall–Kier alpha value is -1.45. The minimum atomic E-state index is -0.605. The summed E-state index contributed by atoms with van der Waals surface area (Å²) < 4.78 is 27.9. The molecule has 0 aliphatic rings. The van der Waals surface area contributed by atoms with Gasteiger partial charge < -0.3 is 5.32 Å². The third-order valence-electron chi connectivity index (χ3n) is 2.97. The molecule has 0 spiro atoms. The maximum absolute atomic E-state index is 14.1. The second-order valence-electron chi connectivity index (χ2n) is 4.40. The van der Waals surface area contributed by atoms with Gasteiger partial charge in [0.1, 0.15) is 11.6 Å². The van der Waals surface area contributed by atoms with E-state index in [0.29, 0.717) is 22.7 Å². The highest BCUT2D eigenvalue weighted by Gasteiger charge is 2.16. The van der Waals surface area contributed by atoms with Crippen LogP contribution in [0.2, 0.25) is 5.02 Å². The summed E-state index contributed by atoms with van der Waals surface area (Å²) in [4.78, 5) is 0. The Morgan fingerprint density at radius 3 is 2.53 bits per heavy atom. The lowest BCUT2D eigenvalue weighted by atomic mass is 10.0. The molecule has 2 aromatic carbocycles. The van der Waals surface area contributed by atoms with Crippen molar-refractivity contribution in [2.75, 3.05) is 7.05 Å². The van der Waals surface area contributed by atoms with Crippen molar-refractivity contribution in [1.82, 2.24) is 5.32 Å². The molecule has 0 heterocycles. The Kier molecular flexibility index (Phi) is 4.17. The molecular formula is C15H14ClF2N. The molecule has 0 radical (unpaired) electrons. The van der Waals surface area contributed by atoms with Crippen molar-refractivity contribution in [1.29, 1.82) is 0 Å². The highest BCUT2D eigenvalue weighted by atomic mass is 35.5. The lowest BCUT2D eigenvalue weighted by Gasteiger charge is -2.11. The number of hydrogen-bond acceptors (Lipinski definition) is 1. The first-order chi connectivity index (χ1) is 9.04. The van der Waals surface area contributed by atoms with E-state index in [1.54, 1.807) is 25.1 Å². The van der Waals surface area contributed by atoms with Gasteiger partial charge in [0.25, 0.3) is 0 Å². The minimum Gasteiger partial charge on any atom is -0.316 e. The zero-order valence-corrected chi connectivity index (χ0v) is 11.5. The maximum Gasteiger partial charge on any atom is 0.136 e. The summed E-state index contributed by atoms with van der Waals surface area (Å²) in [5.74, 6) is -1.17. The topological polar surface area (TPSA) is 12.0 Å². The molecule has 0 fully saturated rings. The van der Waals surface area contributed by atoms with Crippen LogP contribution in [0.25, 0.3) is 11.1 Å². The van der Waals surface area contributed by atoms with Gasteiger partial charge in [-0.15, -0.1) is 0 Å². The molecule has 0 saturated carbocycles. The number of aryl methyl sites for hydroxylation is 1. The highest BCUT2D eigenvalue weighted by molar-refractivity contribution is 6.33. The van der Waals surface area contributed by atoms with Crippen molar-refractivity contribution in [2.45, 2.75) is 13.5 Å². The zero-order valence-electron chi connectivity index (χ0n) is 10.7. The number of halogens is 3. The molecule has 2 rings (SSSR count). The molecule has 100 valence electrons. The predicted octanol–water partition coefficient (Wildman–Crippen LogP) is 4.31. The Balaban J connectivity index is 2.57. The van der Waals surface area contributed by atoms with Crippen molar-refractivity contribution >= 4 is 11.6 Å². The first-order valence-electron chi connectivity index (χ1n) is 5.92. The summed E-state index contributed by atoms with van der Waals surface area (Å²) in [6.45, 7) is 2.25. The van der Waals surface area contributed by atoms with Crippen LogP contribution in [0, 0.1) is 18.6 Å². The lowest BCUT2D eigenvalue weighted by molar-refractivity contribution is 0.584. The molecule has 19 heavy (non-hydrogen) atoms. The van der Waals surface area contributed by atoms with E-state index in [-0.39, 0.29) is 5.56 Å². The van der Waals surface area contributed by atoms with Crippen LogP contribution in [-0.4, -0.2) is 7.05 Å². The van der Waals surface area contributed by atoms with E-state index in [4.69, 9.17) is 11.6 Å². The SMILES string of the molecule is CNCc1ccc(-c2c(F)ccc(C)c2F)c(Cl)c1. The van der Waals surface area contributed by atoms with Gasteiger partial charge in [0.05, 0.1) is 5.56 Å². The largest absolute Gasteiger partial charge is 0.316 e. The summed E-state index contributed by atoms with van der Waals surface area (Å²) in [6, 6.07) is 7.84. The Labute approximate surface area is 116 Å². The summed E-state index contributed by atoms with van der Waals surface area (Å²) in [6.07, 6.45) is 0. The second kappa shape index (κ2) is 5.68. The van der Waals surface area contributed by atoms with Crippen molar-refractivity contribution < 1.29 is 8.78 Å². The van der Waals surface area contributed by atoms with Gasteiger partial charge in [-0.05, 0) is 37.2 Å². The van der Waals surface area contributed by atoms with Gasteiger partial charge in [-0.25, -0.2) is 8.78 Å². The quantitative estimate of drug-likeness (QED) is 0.884. The van der Waals surface area contributed by atoms with Gasteiger partial charge in [-0.2, -0.15) is 0 Å². The first-order valence-corrected chi connectivity index (χ1v) is 6.30. The molecular weight excluding hydrogens is 268 g/mol. The monoisotopic (exact) mass is 281 g/mol. The molecule has 0 atom stereocenters. The molecule has 0 aliphatic carbocycles. The average Bonchev–Trinajstić information content (AvgIpc) is 2.37. The standard InChI is InChI=1S/C15H14ClF2N/c1-9-3-6-13(17)14(15(9)18)11-5-4-10(8-19-2)7-12(11)16/h3-7,19H,8H2,1-2H3. The van der Waals surface area contributed by atoms with Gasteiger partial charge in [0.15, 0.2) is 0 Å². The van der Waals surface area contributed by atoms with Gasteiger partial charge in [0, 0.05) is 17.1 Å². The van der Waals surface area contributed by atoms with Crippen LogP contribution in [0.15, 0.2) is 30.3 Å². The first kappa shape index (κ1) is 14.0. The summed E-state index contributed by atoms with van der Waals surface area (Å²) in [5, 5.41) is 3.34. The summed E-state index contributed by atoms with van der Waals surface area (Å²) >= 11 is 6.13. The van der Waals surface area contributed by atoms with Crippen LogP contribution < -0.4 is 5.32 Å². The molecule has 0 unspecified atom stereocenters. The van der Waals surface area contributed by atoms with Crippen molar-refractivity contribution in [3.05, 3.63) is 58.1 Å². The minimum absolute atomic E-state index is 0.0685. The molecule has 0 aliphatic heterocycles. The van der Waals surface area contributed by atoms with Gasteiger partial charge in [-0.3, -0.25) is 0 Å². The fraction of sp³-hybridized carbons (Fsp3) is 0.200. The third kappa shape index (κ3) is 2.77. The predicted molar refractivity (Wildman–Crippen MR) is 74.3 cm³/mol. The Morgan fingerprint density at radius 1 is 1.16 bits per heavy atom. The van der Waals surface area contributed by atoms with E-state index in [1.807, 2.05) is 7.05 Å². The van der Waals surface area contributed by atoms with Crippen LogP contribution in [0.3, 0.4) is 0 Å². The van der Waals surface area contributed by atoms with Crippen LogP contribution in [-0.2, 0) is 6.54 Å². The van der Waals surface area contributed by atoms with Gasteiger partial charge >= 0.3 is 0 Å². The number of benzene rings is 2. The van der Waals surface area contributed by atoms with E-state index in [2.05, 4.69) is 5.32 Å². The molecule has 0 saturated heterocycles. The van der Waals surface area contributed by atoms with Crippen LogP contribution >= 0.6 is 11.6 Å². The molecule has 2 aromatic rings. The average molecular weight is 282 g/mol. The van der Waals surface area contributed by atoms with E-state index in [0.717, 1.165) is 5.56 Å². The normalized spacial score (nSPS) is 10.8. The third-order valence-corrected chi connectivity index (χ3v) is 3.28. The maximum atomic E-state index is 14.1. The number of nitrogens with one attached hydrogen (secondary N) is 1. The highest BCUT2D eigenvalue weighted by Crippen LogP contribution is 2.33. The molecule has 0 amide bonds. The van der Waals surface area contributed by atoms with Crippen LogP contribution in [0.4, 0.5) is 8.78 Å². The Bertz CT molecular complexity index is 611. The molecule has 0 aromatic heterocycles. The molecule has 4 heteroatoms. The smallest absolute Gasteiger partial charge is 0.136 e. The molecule has 0 bridgehead atoms.